The maximum Gasteiger partial charge on any atom is 0.256 e. The third-order valence-electron chi connectivity index (χ3n) is 4.42. The number of nitrogens with two attached hydrogens (primary N) is 1. The minimum Gasteiger partial charge on any atom is -0.326 e. The van der Waals surface area contributed by atoms with Gasteiger partial charge in [0.1, 0.15) is 5.82 Å². The van der Waals surface area contributed by atoms with E-state index < -0.39 is 0 Å². The van der Waals surface area contributed by atoms with Gasteiger partial charge in [0.2, 0.25) is 0 Å². The smallest absolute Gasteiger partial charge is 0.256 e. The van der Waals surface area contributed by atoms with Crippen molar-refractivity contribution in [3.63, 3.8) is 0 Å². The molecule has 3 rings (SSSR count). The number of nitrogens with zero attached hydrogens (tertiary/aromatic N) is 2. The second-order valence-electron chi connectivity index (χ2n) is 7.66. The quantitative estimate of drug-likeness (QED) is 0.722. The molecule has 0 aliphatic heterocycles. The van der Waals surface area contributed by atoms with Crippen LogP contribution in [0.3, 0.4) is 0 Å². The fourth-order valence-corrected chi connectivity index (χ4v) is 2.74. The largest absolute Gasteiger partial charge is 0.326 e. The lowest BCUT2D eigenvalue weighted by Crippen LogP contribution is -2.16. The Hall–Kier alpha value is -2.92. The Morgan fingerprint density at radius 2 is 1.70 bits per heavy atom. The minimum absolute atomic E-state index is 0.107. The van der Waals surface area contributed by atoms with Crippen LogP contribution in [0.15, 0.2) is 60.7 Å². The van der Waals surface area contributed by atoms with Crippen molar-refractivity contribution in [2.45, 2.75) is 39.3 Å². The predicted octanol–water partition coefficient (Wildman–Crippen LogP) is 3.94. The van der Waals surface area contributed by atoms with Gasteiger partial charge in [0.15, 0.2) is 0 Å². The molecule has 0 fully saturated rings. The van der Waals surface area contributed by atoms with E-state index in [1.807, 2.05) is 41.1 Å². The summed E-state index contributed by atoms with van der Waals surface area (Å²) in [4.78, 5) is 12.7. The number of amides is 1. The number of nitrogens with one attached hydrogen (secondary N) is 1. The van der Waals surface area contributed by atoms with E-state index in [0.717, 1.165) is 16.8 Å². The number of rotatable bonds is 5. The molecule has 3 N–H and O–H groups in total. The molecule has 27 heavy (non-hydrogen) atoms. The molecule has 5 heteroatoms. The van der Waals surface area contributed by atoms with Crippen LogP contribution in [-0.4, -0.2) is 15.7 Å². The zero-order valence-corrected chi connectivity index (χ0v) is 16.1. The molecule has 0 saturated heterocycles. The van der Waals surface area contributed by atoms with Gasteiger partial charge in [0, 0.05) is 23.6 Å². The SMILES string of the molecule is CC(C)(C)c1cc(NC(=O)c2ccc(CN)cc2)n(Cc2ccccc2)n1. The predicted molar refractivity (Wildman–Crippen MR) is 109 cm³/mol. The fourth-order valence-electron chi connectivity index (χ4n) is 2.74. The summed E-state index contributed by atoms with van der Waals surface area (Å²) in [7, 11) is 0. The van der Waals surface area contributed by atoms with Gasteiger partial charge >= 0.3 is 0 Å². The van der Waals surface area contributed by atoms with Crippen molar-refractivity contribution < 1.29 is 4.79 Å². The van der Waals surface area contributed by atoms with Crippen LogP contribution in [0, 0.1) is 0 Å². The lowest BCUT2D eigenvalue weighted by Gasteiger charge is -2.14. The molecule has 2 aromatic carbocycles. The topological polar surface area (TPSA) is 72.9 Å². The summed E-state index contributed by atoms with van der Waals surface area (Å²) in [6, 6.07) is 19.4. The first kappa shape index (κ1) is 18.9. The zero-order valence-electron chi connectivity index (χ0n) is 16.1. The van der Waals surface area contributed by atoms with Crippen molar-refractivity contribution >= 4 is 11.7 Å². The Bertz CT molecular complexity index is 906. The van der Waals surface area contributed by atoms with Gasteiger partial charge in [-0.05, 0) is 23.3 Å². The summed E-state index contributed by atoms with van der Waals surface area (Å²) in [5, 5.41) is 7.74. The standard InChI is InChI=1S/C22H26N4O/c1-22(2,3)19-13-20(26(25-19)15-17-7-5-4-6-8-17)24-21(27)18-11-9-16(14-23)10-12-18/h4-13H,14-15,23H2,1-3H3,(H,24,27). The van der Waals surface area contributed by atoms with Gasteiger partial charge in [0.05, 0.1) is 12.2 Å². The van der Waals surface area contributed by atoms with Crippen molar-refractivity contribution in [2.75, 3.05) is 5.32 Å². The van der Waals surface area contributed by atoms with Crippen molar-refractivity contribution in [2.24, 2.45) is 5.73 Å². The molecule has 1 heterocycles. The summed E-state index contributed by atoms with van der Waals surface area (Å²) in [5.74, 6) is 0.532. The van der Waals surface area contributed by atoms with Crippen LogP contribution in [0.1, 0.15) is 48.0 Å². The summed E-state index contributed by atoms with van der Waals surface area (Å²) < 4.78 is 1.85. The lowest BCUT2D eigenvalue weighted by atomic mass is 9.92. The first-order chi connectivity index (χ1) is 12.9. The number of aromatic nitrogens is 2. The minimum atomic E-state index is -0.159. The molecular weight excluding hydrogens is 336 g/mol. The molecule has 0 aliphatic carbocycles. The molecule has 0 unspecified atom stereocenters. The number of hydrogen-bond acceptors (Lipinski definition) is 3. The van der Waals surface area contributed by atoms with E-state index in [-0.39, 0.29) is 11.3 Å². The van der Waals surface area contributed by atoms with Gasteiger partial charge in [-0.1, -0.05) is 63.2 Å². The highest BCUT2D eigenvalue weighted by atomic mass is 16.1. The van der Waals surface area contributed by atoms with E-state index in [1.165, 1.54) is 0 Å². The second kappa shape index (κ2) is 7.76. The third kappa shape index (κ3) is 4.63. The Kier molecular flexibility index (Phi) is 5.42. The van der Waals surface area contributed by atoms with Crippen LogP contribution in [0.4, 0.5) is 5.82 Å². The van der Waals surface area contributed by atoms with Gasteiger partial charge in [-0.2, -0.15) is 5.10 Å². The van der Waals surface area contributed by atoms with Crippen LogP contribution in [0.5, 0.6) is 0 Å². The van der Waals surface area contributed by atoms with Crippen LogP contribution in [0.2, 0.25) is 0 Å². The molecule has 140 valence electrons. The highest BCUT2D eigenvalue weighted by molar-refractivity contribution is 6.03. The molecule has 1 amide bonds. The van der Waals surface area contributed by atoms with Crippen molar-refractivity contribution in [1.29, 1.82) is 0 Å². The van der Waals surface area contributed by atoms with Crippen LogP contribution in [0.25, 0.3) is 0 Å². The molecule has 0 atom stereocenters. The second-order valence-corrected chi connectivity index (χ2v) is 7.66. The maximum atomic E-state index is 12.7. The molecule has 0 bridgehead atoms. The van der Waals surface area contributed by atoms with Crippen molar-refractivity contribution in [1.82, 2.24) is 9.78 Å². The summed E-state index contributed by atoms with van der Waals surface area (Å²) in [6.07, 6.45) is 0. The highest BCUT2D eigenvalue weighted by Gasteiger charge is 2.21. The van der Waals surface area contributed by atoms with Crippen molar-refractivity contribution in [3.8, 4) is 0 Å². The van der Waals surface area contributed by atoms with Gasteiger partial charge in [0.25, 0.3) is 5.91 Å². The summed E-state index contributed by atoms with van der Waals surface area (Å²) in [6.45, 7) is 7.39. The van der Waals surface area contributed by atoms with Crippen LogP contribution >= 0.6 is 0 Å². The Balaban J connectivity index is 1.88. The summed E-state index contributed by atoms with van der Waals surface area (Å²) >= 11 is 0. The number of anilines is 1. The molecule has 3 aromatic rings. The van der Waals surface area contributed by atoms with E-state index in [9.17, 15) is 4.79 Å². The molecule has 5 nitrogen and oxygen atoms in total. The monoisotopic (exact) mass is 362 g/mol. The molecule has 0 spiro atoms. The first-order valence-corrected chi connectivity index (χ1v) is 9.09. The molecular formula is C22H26N4O. The molecule has 1 aromatic heterocycles. The molecule has 0 saturated carbocycles. The average molecular weight is 362 g/mol. The van der Waals surface area contributed by atoms with E-state index in [0.29, 0.717) is 24.5 Å². The van der Waals surface area contributed by atoms with Crippen LogP contribution < -0.4 is 11.1 Å². The first-order valence-electron chi connectivity index (χ1n) is 9.09. The Morgan fingerprint density at radius 1 is 1.04 bits per heavy atom. The summed E-state index contributed by atoms with van der Waals surface area (Å²) in [5.41, 5.74) is 9.17. The van der Waals surface area contributed by atoms with E-state index in [1.54, 1.807) is 12.1 Å². The van der Waals surface area contributed by atoms with E-state index >= 15 is 0 Å². The maximum absolute atomic E-state index is 12.7. The number of hydrogen-bond donors (Lipinski definition) is 2. The zero-order chi connectivity index (χ0) is 19.4. The van der Waals surface area contributed by atoms with Gasteiger partial charge in [-0.15, -0.1) is 0 Å². The fraction of sp³-hybridized carbons (Fsp3) is 0.273. The third-order valence-corrected chi connectivity index (χ3v) is 4.42. The number of carbonyl (C=O) groups is 1. The van der Waals surface area contributed by atoms with E-state index in [4.69, 9.17) is 10.8 Å². The number of carbonyl (C=O) groups excluding carboxylic acids is 1. The number of benzene rings is 2. The Morgan fingerprint density at radius 3 is 2.30 bits per heavy atom. The molecule has 0 aliphatic rings. The van der Waals surface area contributed by atoms with Gasteiger partial charge in [-0.25, -0.2) is 4.68 Å². The van der Waals surface area contributed by atoms with E-state index in [2.05, 4.69) is 38.2 Å². The van der Waals surface area contributed by atoms with Gasteiger partial charge < -0.3 is 11.1 Å². The van der Waals surface area contributed by atoms with Gasteiger partial charge in [-0.3, -0.25) is 4.79 Å². The highest BCUT2D eigenvalue weighted by Crippen LogP contribution is 2.25. The normalized spacial score (nSPS) is 11.4. The van der Waals surface area contributed by atoms with Crippen molar-refractivity contribution in [3.05, 3.63) is 83.0 Å². The lowest BCUT2D eigenvalue weighted by molar-refractivity contribution is 0.102. The average Bonchev–Trinajstić information content (AvgIpc) is 3.05. The van der Waals surface area contributed by atoms with Crippen LogP contribution in [-0.2, 0) is 18.5 Å². The molecule has 0 radical (unpaired) electrons. The Labute approximate surface area is 160 Å².